The predicted octanol–water partition coefficient (Wildman–Crippen LogP) is 5.27. The number of hydrogen-bond donors (Lipinski definition) is 1. The van der Waals surface area contributed by atoms with Crippen LogP contribution < -0.4 is 14.4 Å². The van der Waals surface area contributed by atoms with Gasteiger partial charge in [0, 0.05) is 5.56 Å². The number of nitrogens with one attached hydrogen (secondary N) is 1. The summed E-state index contributed by atoms with van der Waals surface area (Å²) >= 11 is 5.64. The van der Waals surface area contributed by atoms with Crippen molar-refractivity contribution in [2.45, 2.75) is 12.7 Å². The van der Waals surface area contributed by atoms with Crippen LogP contribution in [0.2, 0.25) is 5.02 Å². The number of benzene rings is 3. The van der Waals surface area contributed by atoms with Crippen molar-refractivity contribution in [2.75, 3.05) is 23.7 Å². The zero-order valence-corrected chi connectivity index (χ0v) is 20.4. The van der Waals surface area contributed by atoms with Gasteiger partial charge in [-0.1, -0.05) is 23.7 Å². The Morgan fingerprint density at radius 1 is 1.03 bits per heavy atom. The smallest absolute Gasteiger partial charge is 0.417 e. The quantitative estimate of drug-likeness (QED) is 0.294. The molecule has 36 heavy (non-hydrogen) atoms. The molecule has 0 saturated carbocycles. The van der Waals surface area contributed by atoms with E-state index in [1.807, 2.05) is 0 Å². The van der Waals surface area contributed by atoms with Gasteiger partial charge in [0.05, 0.1) is 35.6 Å². The highest BCUT2D eigenvalue weighted by molar-refractivity contribution is 7.92. The Hall–Kier alpha value is -3.31. The third-order valence-corrected chi connectivity index (χ3v) is 6.43. The number of halogens is 5. The van der Waals surface area contributed by atoms with E-state index in [0.717, 1.165) is 16.6 Å². The van der Waals surface area contributed by atoms with Crippen molar-refractivity contribution in [1.82, 2.24) is 5.32 Å². The van der Waals surface area contributed by atoms with Gasteiger partial charge in [-0.15, -0.1) is 0 Å². The van der Waals surface area contributed by atoms with E-state index in [2.05, 4.69) is 5.32 Å². The van der Waals surface area contributed by atoms with Crippen LogP contribution in [-0.2, 0) is 22.7 Å². The number of amides is 1. The molecule has 0 fully saturated rings. The average molecular weight is 545 g/mol. The molecule has 0 atom stereocenters. The van der Waals surface area contributed by atoms with Gasteiger partial charge in [-0.2, -0.15) is 13.2 Å². The molecule has 6 nitrogen and oxygen atoms in total. The fourth-order valence-electron chi connectivity index (χ4n) is 3.18. The highest BCUT2D eigenvalue weighted by atomic mass is 35.5. The first-order valence-corrected chi connectivity index (χ1v) is 12.7. The minimum atomic E-state index is -4.75. The zero-order valence-electron chi connectivity index (χ0n) is 18.9. The number of carbonyl (C=O) groups is 1. The number of hydrogen-bond acceptors (Lipinski definition) is 4. The maximum absolute atomic E-state index is 13.2. The maximum atomic E-state index is 13.2. The molecule has 1 N–H and O–H groups in total. The van der Waals surface area contributed by atoms with Crippen LogP contribution in [0.5, 0.6) is 5.75 Å². The lowest BCUT2D eigenvalue weighted by Gasteiger charge is -2.24. The lowest BCUT2D eigenvalue weighted by atomic mass is 10.1. The average Bonchev–Trinajstić information content (AvgIpc) is 2.81. The molecular weight excluding hydrogens is 524 g/mol. The van der Waals surface area contributed by atoms with Crippen molar-refractivity contribution in [3.8, 4) is 5.75 Å². The van der Waals surface area contributed by atoms with Gasteiger partial charge in [0.2, 0.25) is 10.0 Å². The number of alkyl halides is 3. The highest BCUT2D eigenvalue weighted by Gasteiger charge is 2.34. The summed E-state index contributed by atoms with van der Waals surface area (Å²) in [6, 6.07) is 14.2. The molecule has 1 amide bonds. The number of ether oxygens (including phenoxy) is 1. The number of anilines is 1. The Kier molecular flexibility index (Phi) is 8.47. The molecule has 0 aliphatic rings. The van der Waals surface area contributed by atoms with Crippen LogP contribution in [0.1, 0.15) is 21.5 Å². The molecule has 0 aromatic heterocycles. The molecule has 0 radical (unpaired) electrons. The number of sulfonamides is 1. The highest BCUT2D eigenvalue weighted by Crippen LogP contribution is 2.37. The van der Waals surface area contributed by atoms with Crippen LogP contribution in [0, 0.1) is 5.82 Å². The Bertz CT molecular complexity index is 1320. The Labute approximate surface area is 210 Å². The third-order valence-electron chi connectivity index (χ3n) is 4.96. The van der Waals surface area contributed by atoms with Crippen molar-refractivity contribution in [2.24, 2.45) is 0 Å². The van der Waals surface area contributed by atoms with E-state index in [1.165, 1.54) is 54.6 Å². The van der Waals surface area contributed by atoms with Crippen molar-refractivity contribution in [1.29, 1.82) is 0 Å². The van der Waals surface area contributed by atoms with E-state index < -0.39 is 38.5 Å². The lowest BCUT2D eigenvalue weighted by molar-refractivity contribution is -0.137. The van der Waals surface area contributed by atoms with E-state index in [9.17, 15) is 30.8 Å². The first-order valence-electron chi connectivity index (χ1n) is 10.4. The monoisotopic (exact) mass is 544 g/mol. The molecule has 0 spiro atoms. The summed E-state index contributed by atoms with van der Waals surface area (Å²) in [4.78, 5) is 12.3. The van der Waals surface area contributed by atoms with E-state index in [-0.39, 0.29) is 30.9 Å². The Morgan fingerprint density at radius 3 is 2.25 bits per heavy atom. The van der Waals surface area contributed by atoms with Gasteiger partial charge in [0.1, 0.15) is 18.2 Å². The largest absolute Gasteiger partial charge is 0.492 e. The van der Waals surface area contributed by atoms with Crippen LogP contribution in [0.25, 0.3) is 0 Å². The van der Waals surface area contributed by atoms with Crippen LogP contribution in [0.15, 0.2) is 66.7 Å². The van der Waals surface area contributed by atoms with Gasteiger partial charge >= 0.3 is 6.18 Å². The predicted molar refractivity (Wildman–Crippen MR) is 128 cm³/mol. The van der Waals surface area contributed by atoms with Gasteiger partial charge in [0.15, 0.2) is 0 Å². The summed E-state index contributed by atoms with van der Waals surface area (Å²) in [5, 5.41) is 2.11. The van der Waals surface area contributed by atoms with Gasteiger partial charge < -0.3 is 10.1 Å². The standard InChI is InChI=1S/C24H21ClF4N2O4S/c1-36(33,34)31(19-8-11-22(25)21(14-19)24(27,28)29)15-16-2-4-17(5-3-16)23(32)30-12-13-35-20-9-6-18(26)7-10-20/h2-11,14H,12-13,15H2,1H3,(H,30,32). The molecule has 0 bridgehead atoms. The molecular formula is C24H21ClF4N2O4S. The summed E-state index contributed by atoms with van der Waals surface area (Å²) < 4.78 is 83.5. The molecule has 0 heterocycles. The summed E-state index contributed by atoms with van der Waals surface area (Å²) in [6.07, 6.45) is -3.87. The van der Waals surface area contributed by atoms with Gasteiger partial charge in [0.25, 0.3) is 5.91 Å². The minimum absolute atomic E-state index is 0.153. The molecule has 0 aliphatic heterocycles. The van der Waals surface area contributed by atoms with Crippen molar-refractivity contribution in [3.63, 3.8) is 0 Å². The summed E-state index contributed by atoms with van der Waals surface area (Å²) in [7, 11) is -3.95. The first-order chi connectivity index (χ1) is 16.8. The van der Waals surface area contributed by atoms with Crippen molar-refractivity contribution < 1.29 is 35.5 Å². The maximum Gasteiger partial charge on any atom is 0.417 e. The van der Waals surface area contributed by atoms with Crippen molar-refractivity contribution >= 4 is 33.2 Å². The summed E-state index contributed by atoms with van der Waals surface area (Å²) in [5.41, 5.74) is -0.611. The molecule has 12 heteroatoms. The summed E-state index contributed by atoms with van der Waals surface area (Å²) in [5.74, 6) is -0.344. The first kappa shape index (κ1) is 27.3. The van der Waals surface area contributed by atoms with Crippen LogP contribution in [0.4, 0.5) is 23.2 Å². The zero-order chi connectivity index (χ0) is 26.5. The second-order valence-corrected chi connectivity index (χ2v) is 10.0. The Morgan fingerprint density at radius 2 is 1.67 bits per heavy atom. The van der Waals surface area contributed by atoms with Gasteiger partial charge in [-0.3, -0.25) is 9.10 Å². The van der Waals surface area contributed by atoms with E-state index in [1.54, 1.807) is 0 Å². The van der Waals surface area contributed by atoms with Crippen LogP contribution in [0.3, 0.4) is 0 Å². The fraction of sp³-hybridized carbons (Fsp3) is 0.208. The summed E-state index contributed by atoms with van der Waals surface area (Å²) in [6.45, 7) is 0.0723. The second kappa shape index (κ2) is 11.2. The van der Waals surface area contributed by atoms with Crippen molar-refractivity contribution in [3.05, 3.63) is 94.3 Å². The van der Waals surface area contributed by atoms with Crippen LogP contribution in [-0.4, -0.2) is 33.7 Å². The van der Waals surface area contributed by atoms with Crippen LogP contribution >= 0.6 is 11.6 Å². The fourth-order valence-corrected chi connectivity index (χ4v) is 4.28. The van der Waals surface area contributed by atoms with E-state index in [0.29, 0.717) is 17.4 Å². The third kappa shape index (κ3) is 7.34. The molecule has 3 rings (SSSR count). The lowest BCUT2D eigenvalue weighted by Crippen LogP contribution is -2.30. The minimum Gasteiger partial charge on any atom is -0.492 e. The topological polar surface area (TPSA) is 75.7 Å². The number of nitrogens with zero attached hydrogens (tertiary/aromatic N) is 1. The molecule has 192 valence electrons. The van der Waals surface area contributed by atoms with Gasteiger partial charge in [-0.25, -0.2) is 12.8 Å². The molecule has 0 unspecified atom stereocenters. The molecule has 0 saturated heterocycles. The molecule has 3 aromatic rings. The molecule has 3 aromatic carbocycles. The van der Waals surface area contributed by atoms with E-state index >= 15 is 0 Å². The number of rotatable bonds is 9. The SMILES string of the molecule is CS(=O)(=O)N(Cc1ccc(C(=O)NCCOc2ccc(F)cc2)cc1)c1ccc(Cl)c(C(F)(F)F)c1. The normalized spacial score (nSPS) is 11.7. The van der Waals surface area contributed by atoms with Gasteiger partial charge in [-0.05, 0) is 60.2 Å². The number of carbonyl (C=O) groups excluding carboxylic acids is 1. The molecule has 0 aliphatic carbocycles. The van der Waals surface area contributed by atoms with E-state index in [4.69, 9.17) is 16.3 Å². The second-order valence-electron chi connectivity index (χ2n) is 7.69. The Balaban J connectivity index is 1.65.